The first-order valence-electron chi connectivity index (χ1n) is 9.53. The van der Waals surface area contributed by atoms with Crippen molar-refractivity contribution in [3.05, 3.63) is 54.1 Å². The summed E-state index contributed by atoms with van der Waals surface area (Å²) in [4.78, 5) is 13.6. The molecule has 0 N–H and O–H groups in total. The van der Waals surface area contributed by atoms with Crippen molar-refractivity contribution in [2.45, 2.75) is 25.8 Å². The molecule has 140 valence electrons. The van der Waals surface area contributed by atoms with E-state index in [9.17, 15) is 0 Å². The van der Waals surface area contributed by atoms with Gasteiger partial charge in [0.25, 0.3) is 0 Å². The summed E-state index contributed by atoms with van der Waals surface area (Å²) in [6.45, 7) is 5.40. The molecular weight excluding hydrogens is 324 g/mol. The van der Waals surface area contributed by atoms with Gasteiger partial charge < -0.3 is 9.64 Å². The largest absolute Gasteiger partial charge is 0.496 e. The van der Waals surface area contributed by atoms with Gasteiger partial charge in [-0.05, 0) is 56.5 Å². The molecule has 0 bridgehead atoms. The van der Waals surface area contributed by atoms with E-state index in [1.54, 1.807) is 7.11 Å². The Kier molecular flexibility index (Phi) is 6.97. The van der Waals surface area contributed by atoms with Crippen LogP contribution < -0.4 is 4.74 Å². The van der Waals surface area contributed by atoms with Crippen molar-refractivity contribution in [3.63, 3.8) is 0 Å². The molecule has 0 saturated carbocycles. The van der Waals surface area contributed by atoms with Gasteiger partial charge in [0, 0.05) is 32.0 Å². The molecule has 1 aliphatic heterocycles. The van der Waals surface area contributed by atoms with Gasteiger partial charge in [0.2, 0.25) is 0 Å². The summed E-state index contributed by atoms with van der Waals surface area (Å²) < 4.78 is 5.48. The molecule has 1 unspecified atom stereocenters. The quantitative estimate of drug-likeness (QED) is 0.729. The van der Waals surface area contributed by atoms with Gasteiger partial charge >= 0.3 is 0 Å². The molecule has 1 atom stereocenters. The van der Waals surface area contributed by atoms with Crippen LogP contribution in [0.2, 0.25) is 0 Å². The first-order valence-corrected chi connectivity index (χ1v) is 9.53. The third kappa shape index (κ3) is 5.51. The van der Waals surface area contributed by atoms with Crippen LogP contribution in [0.15, 0.2) is 42.7 Å². The van der Waals surface area contributed by atoms with E-state index in [0.29, 0.717) is 0 Å². The number of hydrogen-bond donors (Lipinski definition) is 0. The lowest BCUT2D eigenvalue weighted by Gasteiger charge is -2.34. The molecule has 5 nitrogen and oxygen atoms in total. The van der Waals surface area contributed by atoms with E-state index >= 15 is 0 Å². The highest BCUT2D eigenvalue weighted by Gasteiger charge is 2.21. The summed E-state index contributed by atoms with van der Waals surface area (Å²) in [6, 6.07) is 10.2. The number of para-hydroxylation sites is 1. The summed E-state index contributed by atoms with van der Waals surface area (Å²) in [5.41, 5.74) is 1.30. The number of likely N-dealkylation sites (tertiary alicyclic amines) is 1. The van der Waals surface area contributed by atoms with Crippen LogP contribution in [0.25, 0.3) is 0 Å². The Morgan fingerprint density at radius 3 is 2.81 bits per heavy atom. The van der Waals surface area contributed by atoms with Gasteiger partial charge in [-0.3, -0.25) is 4.90 Å². The number of nitrogens with zero attached hydrogens (tertiary/aromatic N) is 4. The van der Waals surface area contributed by atoms with Crippen molar-refractivity contribution in [2.75, 3.05) is 40.3 Å². The average Bonchev–Trinajstić information content (AvgIpc) is 2.67. The van der Waals surface area contributed by atoms with E-state index in [0.717, 1.165) is 43.5 Å². The molecule has 1 aromatic heterocycles. The maximum Gasteiger partial charge on any atom is 0.142 e. The maximum absolute atomic E-state index is 5.48. The minimum atomic E-state index is 0.718. The molecule has 1 fully saturated rings. The molecule has 1 saturated heterocycles. The van der Waals surface area contributed by atoms with E-state index < -0.39 is 0 Å². The van der Waals surface area contributed by atoms with E-state index in [2.05, 4.69) is 45.0 Å². The molecule has 26 heavy (non-hydrogen) atoms. The van der Waals surface area contributed by atoms with Gasteiger partial charge in [-0.25, -0.2) is 9.97 Å². The molecule has 2 aromatic rings. The molecule has 0 spiro atoms. The minimum absolute atomic E-state index is 0.718. The zero-order valence-corrected chi connectivity index (χ0v) is 16.0. The fraction of sp³-hybridized carbons (Fsp3) is 0.524. The average molecular weight is 354 g/mol. The van der Waals surface area contributed by atoms with Crippen molar-refractivity contribution >= 4 is 0 Å². The van der Waals surface area contributed by atoms with E-state index in [4.69, 9.17) is 4.74 Å². The highest BCUT2D eigenvalue weighted by molar-refractivity contribution is 5.33. The van der Waals surface area contributed by atoms with Crippen LogP contribution in [0.5, 0.6) is 5.75 Å². The lowest BCUT2D eigenvalue weighted by molar-refractivity contribution is 0.141. The fourth-order valence-electron chi connectivity index (χ4n) is 3.85. The minimum Gasteiger partial charge on any atom is -0.496 e. The van der Waals surface area contributed by atoms with Gasteiger partial charge in [-0.2, -0.15) is 0 Å². The van der Waals surface area contributed by atoms with Gasteiger partial charge in [-0.1, -0.05) is 18.2 Å². The third-order valence-electron chi connectivity index (χ3n) is 5.09. The fourth-order valence-corrected chi connectivity index (χ4v) is 3.85. The Morgan fingerprint density at radius 2 is 2.00 bits per heavy atom. The predicted octanol–water partition coefficient (Wildman–Crippen LogP) is 2.87. The number of benzene rings is 1. The zero-order valence-electron chi connectivity index (χ0n) is 16.0. The van der Waals surface area contributed by atoms with Crippen LogP contribution in [-0.4, -0.2) is 60.1 Å². The number of ether oxygens (including phenoxy) is 1. The van der Waals surface area contributed by atoms with E-state index in [-0.39, 0.29) is 0 Å². The Hall–Kier alpha value is -1.98. The van der Waals surface area contributed by atoms with Crippen molar-refractivity contribution in [3.8, 4) is 5.75 Å². The molecule has 1 aliphatic rings. The van der Waals surface area contributed by atoms with Gasteiger partial charge in [0.05, 0.1) is 13.7 Å². The first kappa shape index (κ1) is 18.8. The number of methoxy groups -OCH3 is 1. The van der Waals surface area contributed by atoms with Crippen LogP contribution in [0, 0.1) is 5.92 Å². The Bertz CT molecular complexity index is 664. The normalized spacial score (nSPS) is 18.2. The SMILES string of the molecule is COc1ccccc1CCN1CCCC(CN(C)Cc2ncccn2)C1. The lowest BCUT2D eigenvalue weighted by atomic mass is 9.97. The number of rotatable bonds is 8. The standard InChI is InChI=1S/C21H30N4O/c1-24(17-21-22-11-6-12-23-21)15-18-7-5-13-25(16-18)14-10-19-8-3-4-9-20(19)26-2/h3-4,6,8-9,11-12,18H,5,7,10,13-17H2,1-2H3. The van der Waals surface area contributed by atoms with Crippen molar-refractivity contribution in [1.82, 2.24) is 19.8 Å². The summed E-state index contributed by atoms with van der Waals surface area (Å²) in [5, 5.41) is 0. The topological polar surface area (TPSA) is 41.5 Å². The van der Waals surface area contributed by atoms with Gasteiger partial charge in [0.1, 0.15) is 11.6 Å². The summed E-state index contributed by atoms with van der Waals surface area (Å²) in [5.74, 6) is 2.62. The molecule has 0 aliphatic carbocycles. The summed E-state index contributed by atoms with van der Waals surface area (Å²) in [7, 11) is 3.92. The second-order valence-corrected chi connectivity index (χ2v) is 7.23. The summed E-state index contributed by atoms with van der Waals surface area (Å²) >= 11 is 0. The Morgan fingerprint density at radius 1 is 1.19 bits per heavy atom. The molecule has 5 heteroatoms. The van der Waals surface area contributed by atoms with Crippen LogP contribution in [0.1, 0.15) is 24.2 Å². The van der Waals surface area contributed by atoms with Gasteiger partial charge in [-0.15, -0.1) is 0 Å². The number of hydrogen-bond acceptors (Lipinski definition) is 5. The zero-order chi connectivity index (χ0) is 18.2. The highest BCUT2D eigenvalue weighted by Crippen LogP contribution is 2.21. The van der Waals surface area contributed by atoms with Crippen molar-refractivity contribution in [2.24, 2.45) is 5.92 Å². The predicted molar refractivity (Wildman–Crippen MR) is 104 cm³/mol. The van der Waals surface area contributed by atoms with Crippen molar-refractivity contribution in [1.29, 1.82) is 0 Å². The van der Waals surface area contributed by atoms with Crippen molar-refractivity contribution < 1.29 is 4.74 Å². The van der Waals surface area contributed by atoms with Gasteiger partial charge in [0.15, 0.2) is 0 Å². The molecule has 0 radical (unpaired) electrons. The second-order valence-electron chi connectivity index (χ2n) is 7.23. The monoisotopic (exact) mass is 354 g/mol. The molecule has 2 heterocycles. The lowest BCUT2D eigenvalue weighted by Crippen LogP contribution is -2.41. The number of piperidine rings is 1. The first-order chi connectivity index (χ1) is 12.7. The van der Waals surface area contributed by atoms with Crippen LogP contribution in [0.3, 0.4) is 0 Å². The van der Waals surface area contributed by atoms with Crippen LogP contribution in [-0.2, 0) is 13.0 Å². The number of aromatic nitrogens is 2. The molecule has 3 rings (SSSR count). The highest BCUT2D eigenvalue weighted by atomic mass is 16.5. The Labute approximate surface area is 157 Å². The second kappa shape index (κ2) is 9.64. The summed E-state index contributed by atoms with van der Waals surface area (Å²) in [6.07, 6.45) is 7.27. The van der Waals surface area contributed by atoms with E-state index in [1.807, 2.05) is 24.5 Å². The molecular formula is C21H30N4O. The maximum atomic E-state index is 5.48. The molecule has 0 amide bonds. The smallest absolute Gasteiger partial charge is 0.142 e. The van der Waals surface area contributed by atoms with E-state index in [1.165, 1.54) is 31.5 Å². The van der Waals surface area contributed by atoms with Crippen LogP contribution >= 0.6 is 0 Å². The van der Waals surface area contributed by atoms with Crippen LogP contribution in [0.4, 0.5) is 0 Å². The third-order valence-corrected chi connectivity index (χ3v) is 5.09. The Balaban J connectivity index is 1.46. The molecule has 1 aromatic carbocycles.